The van der Waals surface area contributed by atoms with Crippen LogP contribution in [-0.4, -0.2) is 41.9 Å². The summed E-state index contributed by atoms with van der Waals surface area (Å²) in [6.45, 7) is 1.18. The average Bonchev–Trinajstić information content (AvgIpc) is 2.27. The maximum atomic E-state index is 11.2. The van der Waals surface area contributed by atoms with E-state index in [0.29, 0.717) is 25.1 Å². The number of aromatic nitrogens is 1. The summed E-state index contributed by atoms with van der Waals surface area (Å²) in [7, 11) is 1.33. The minimum absolute atomic E-state index is 0.400. The normalized spacial score (nSPS) is 17.6. The summed E-state index contributed by atoms with van der Waals surface area (Å²) >= 11 is 0. The lowest BCUT2D eigenvalue weighted by molar-refractivity contribution is -0.00981. The highest BCUT2D eigenvalue weighted by atomic mass is 16.5. The van der Waals surface area contributed by atoms with E-state index in [1.807, 2.05) is 0 Å². The fourth-order valence-electron chi connectivity index (χ4n) is 1.64. The Morgan fingerprint density at radius 3 is 2.81 bits per heavy atom. The van der Waals surface area contributed by atoms with Gasteiger partial charge in [-0.2, -0.15) is 0 Å². The molecule has 16 heavy (non-hydrogen) atoms. The van der Waals surface area contributed by atoms with Crippen LogP contribution in [0.15, 0.2) is 18.3 Å². The number of methoxy groups -OCH3 is 1. The van der Waals surface area contributed by atoms with E-state index in [1.165, 1.54) is 13.3 Å². The lowest BCUT2D eigenvalue weighted by Crippen LogP contribution is -2.60. The lowest BCUT2D eigenvalue weighted by Gasteiger charge is -2.37. The molecule has 5 nitrogen and oxygen atoms in total. The standard InChI is InChI=1S/C11H14N2O3/c1-16-10(14)8-2-3-9(13-5-8)4-11(15)6-12-7-11/h2-3,5,12,15H,4,6-7H2,1H3. The van der Waals surface area contributed by atoms with Gasteiger partial charge in [-0.3, -0.25) is 4.98 Å². The van der Waals surface area contributed by atoms with Crippen LogP contribution in [0, 0.1) is 0 Å². The molecule has 2 heterocycles. The number of ether oxygens (including phenoxy) is 1. The molecule has 0 aromatic carbocycles. The van der Waals surface area contributed by atoms with Crippen molar-refractivity contribution in [3.63, 3.8) is 0 Å². The number of carbonyl (C=O) groups excluding carboxylic acids is 1. The molecule has 1 aliphatic heterocycles. The summed E-state index contributed by atoms with van der Waals surface area (Å²) in [4.78, 5) is 15.3. The molecule has 2 N–H and O–H groups in total. The van der Waals surface area contributed by atoms with Crippen molar-refractivity contribution < 1.29 is 14.6 Å². The largest absolute Gasteiger partial charge is 0.465 e. The number of rotatable bonds is 3. The SMILES string of the molecule is COC(=O)c1ccc(CC2(O)CNC2)nc1. The first kappa shape index (κ1) is 11.0. The average molecular weight is 222 g/mol. The van der Waals surface area contributed by atoms with Gasteiger partial charge in [0.15, 0.2) is 0 Å². The molecule has 1 saturated heterocycles. The Morgan fingerprint density at radius 1 is 1.62 bits per heavy atom. The van der Waals surface area contributed by atoms with Crippen molar-refractivity contribution in [2.75, 3.05) is 20.2 Å². The number of nitrogens with zero attached hydrogens (tertiary/aromatic N) is 1. The Bertz CT molecular complexity index is 385. The Kier molecular flexibility index (Phi) is 2.89. The molecular formula is C11H14N2O3. The van der Waals surface area contributed by atoms with E-state index in [1.54, 1.807) is 12.1 Å². The molecule has 0 amide bonds. The van der Waals surface area contributed by atoms with Crippen molar-refractivity contribution in [1.29, 1.82) is 0 Å². The number of aliphatic hydroxyl groups is 1. The van der Waals surface area contributed by atoms with Gasteiger partial charge in [-0.15, -0.1) is 0 Å². The maximum Gasteiger partial charge on any atom is 0.339 e. The fraction of sp³-hybridized carbons (Fsp3) is 0.455. The number of hydrogen-bond acceptors (Lipinski definition) is 5. The molecule has 1 fully saturated rings. The fourth-order valence-corrected chi connectivity index (χ4v) is 1.64. The molecule has 0 saturated carbocycles. The Morgan fingerprint density at radius 2 is 2.38 bits per heavy atom. The van der Waals surface area contributed by atoms with Gasteiger partial charge in [0.1, 0.15) is 0 Å². The zero-order chi connectivity index (χ0) is 11.6. The van der Waals surface area contributed by atoms with Crippen LogP contribution in [0.3, 0.4) is 0 Å². The number of β-amino-alcohol motifs (C(OH)–C–C–N with tert-alkyl or cyclic N) is 1. The summed E-state index contributed by atoms with van der Waals surface area (Å²) in [5.41, 5.74) is 0.515. The second-order valence-corrected chi connectivity index (χ2v) is 4.03. The van der Waals surface area contributed by atoms with E-state index >= 15 is 0 Å². The van der Waals surface area contributed by atoms with Crippen molar-refractivity contribution in [1.82, 2.24) is 10.3 Å². The lowest BCUT2D eigenvalue weighted by atomic mass is 9.91. The Labute approximate surface area is 93.5 Å². The van der Waals surface area contributed by atoms with Gasteiger partial charge >= 0.3 is 5.97 Å². The van der Waals surface area contributed by atoms with Crippen LogP contribution < -0.4 is 5.32 Å². The van der Waals surface area contributed by atoms with E-state index < -0.39 is 11.6 Å². The smallest absolute Gasteiger partial charge is 0.339 e. The van der Waals surface area contributed by atoms with Crippen LogP contribution in [-0.2, 0) is 11.2 Å². The van der Waals surface area contributed by atoms with E-state index in [2.05, 4.69) is 15.0 Å². The summed E-state index contributed by atoms with van der Waals surface area (Å²) in [5, 5.41) is 12.9. The molecule has 0 bridgehead atoms. The van der Waals surface area contributed by atoms with Gasteiger partial charge in [-0.05, 0) is 12.1 Å². The molecule has 1 aromatic rings. The minimum atomic E-state index is -0.681. The summed E-state index contributed by atoms with van der Waals surface area (Å²) in [5.74, 6) is -0.400. The van der Waals surface area contributed by atoms with Gasteiger partial charge in [-0.25, -0.2) is 4.79 Å². The van der Waals surface area contributed by atoms with Crippen molar-refractivity contribution in [2.45, 2.75) is 12.0 Å². The van der Waals surface area contributed by atoms with Crippen molar-refractivity contribution >= 4 is 5.97 Å². The second kappa shape index (κ2) is 4.19. The summed E-state index contributed by atoms with van der Waals surface area (Å²) in [6, 6.07) is 3.40. The Hall–Kier alpha value is -1.46. The summed E-state index contributed by atoms with van der Waals surface area (Å²) < 4.78 is 4.57. The van der Waals surface area contributed by atoms with E-state index in [0.717, 1.165) is 5.69 Å². The molecule has 1 aliphatic rings. The second-order valence-electron chi connectivity index (χ2n) is 4.03. The first-order chi connectivity index (χ1) is 7.63. The van der Waals surface area contributed by atoms with Crippen LogP contribution >= 0.6 is 0 Å². The number of nitrogens with one attached hydrogen (secondary N) is 1. The third kappa shape index (κ3) is 2.20. The zero-order valence-electron chi connectivity index (χ0n) is 9.06. The van der Waals surface area contributed by atoms with Gasteiger partial charge in [0, 0.05) is 31.4 Å². The summed E-state index contributed by atoms with van der Waals surface area (Å²) in [6.07, 6.45) is 1.97. The van der Waals surface area contributed by atoms with Crippen molar-refractivity contribution in [3.8, 4) is 0 Å². The van der Waals surface area contributed by atoms with Crippen LogP contribution in [0.2, 0.25) is 0 Å². The van der Waals surface area contributed by atoms with Gasteiger partial charge in [0.25, 0.3) is 0 Å². The molecule has 0 atom stereocenters. The molecule has 0 radical (unpaired) electrons. The van der Waals surface area contributed by atoms with Crippen LogP contribution in [0.25, 0.3) is 0 Å². The zero-order valence-corrected chi connectivity index (χ0v) is 9.06. The molecule has 86 valence electrons. The third-order valence-electron chi connectivity index (χ3n) is 2.66. The number of carbonyl (C=O) groups is 1. The minimum Gasteiger partial charge on any atom is -0.465 e. The van der Waals surface area contributed by atoms with Gasteiger partial charge in [0.2, 0.25) is 0 Å². The highest BCUT2D eigenvalue weighted by Gasteiger charge is 2.34. The quantitative estimate of drug-likeness (QED) is 0.690. The van der Waals surface area contributed by atoms with Crippen LogP contribution in [0.5, 0.6) is 0 Å². The highest BCUT2D eigenvalue weighted by molar-refractivity contribution is 5.88. The van der Waals surface area contributed by atoms with E-state index in [9.17, 15) is 9.90 Å². The number of hydrogen-bond donors (Lipinski definition) is 2. The topological polar surface area (TPSA) is 71.5 Å². The van der Waals surface area contributed by atoms with Crippen molar-refractivity contribution in [2.24, 2.45) is 0 Å². The van der Waals surface area contributed by atoms with Crippen LogP contribution in [0.4, 0.5) is 0 Å². The molecule has 0 aliphatic carbocycles. The molecule has 5 heteroatoms. The predicted molar refractivity (Wildman–Crippen MR) is 57.1 cm³/mol. The maximum absolute atomic E-state index is 11.2. The number of pyridine rings is 1. The van der Waals surface area contributed by atoms with Gasteiger partial charge < -0.3 is 15.2 Å². The monoisotopic (exact) mass is 222 g/mol. The first-order valence-corrected chi connectivity index (χ1v) is 5.09. The van der Waals surface area contributed by atoms with E-state index in [4.69, 9.17) is 0 Å². The van der Waals surface area contributed by atoms with Gasteiger partial charge in [0.05, 0.1) is 18.3 Å². The van der Waals surface area contributed by atoms with Gasteiger partial charge in [-0.1, -0.05) is 0 Å². The highest BCUT2D eigenvalue weighted by Crippen LogP contribution is 2.16. The first-order valence-electron chi connectivity index (χ1n) is 5.09. The molecule has 2 rings (SSSR count). The molecule has 0 spiro atoms. The Balaban J connectivity index is 2.04. The number of esters is 1. The molecule has 0 unspecified atom stereocenters. The third-order valence-corrected chi connectivity index (χ3v) is 2.66. The van der Waals surface area contributed by atoms with Crippen LogP contribution in [0.1, 0.15) is 16.1 Å². The van der Waals surface area contributed by atoms with Crippen molar-refractivity contribution in [3.05, 3.63) is 29.6 Å². The predicted octanol–water partition coefficient (Wildman–Crippen LogP) is -0.255. The van der Waals surface area contributed by atoms with E-state index in [-0.39, 0.29) is 0 Å². The molecule has 1 aromatic heterocycles. The molecular weight excluding hydrogens is 208 g/mol.